The van der Waals surface area contributed by atoms with Gasteiger partial charge in [-0.3, -0.25) is 4.79 Å². The Morgan fingerprint density at radius 3 is 2.22 bits per heavy atom. The molecule has 0 atom stereocenters. The molecule has 2 N–H and O–H groups in total. The van der Waals surface area contributed by atoms with Crippen molar-refractivity contribution < 1.29 is 9.59 Å². The van der Waals surface area contributed by atoms with E-state index in [9.17, 15) is 9.59 Å². The van der Waals surface area contributed by atoms with Crippen molar-refractivity contribution in [2.45, 2.75) is 46.6 Å². The van der Waals surface area contributed by atoms with Crippen LogP contribution in [0, 0.1) is 5.41 Å². The highest BCUT2D eigenvalue weighted by Gasteiger charge is 2.22. The van der Waals surface area contributed by atoms with E-state index in [1.807, 2.05) is 4.90 Å². The molecule has 0 unspecified atom stereocenters. The van der Waals surface area contributed by atoms with Crippen LogP contribution >= 0.6 is 0 Å². The lowest BCUT2D eigenvalue weighted by Gasteiger charge is -2.32. The van der Waals surface area contributed by atoms with Crippen molar-refractivity contribution >= 4 is 11.9 Å². The van der Waals surface area contributed by atoms with Crippen molar-refractivity contribution in [2.75, 3.05) is 19.6 Å². The Hall–Kier alpha value is -1.26. The first-order valence-corrected chi connectivity index (χ1v) is 6.58. The molecular weight excluding hydrogens is 230 g/mol. The Bertz CT molecular complexity index is 302. The van der Waals surface area contributed by atoms with E-state index in [4.69, 9.17) is 0 Å². The minimum atomic E-state index is -0.105. The number of nitrogens with zero attached hydrogens (tertiary/aromatic N) is 1. The molecule has 1 heterocycles. The van der Waals surface area contributed by atoms with Gasteiger partial charge in [-0.1, -0.05) is 20.8 Å². The van der Waals surface area contributed by atoms with Gasteiger partial charge in [-0.2, -0.15) is 0 Å². The lowest BCUT2D eigenvalue weighted by molar-refractivity contribution is -0.129. The number of carbonyl (C=O) groups excluding carboxylic acids is 2. The summed E-state index contributed by atoms with van der Waals surface area (Å²) < 4.78 is 0. The predicted octanol–water partition coefficient (Wildman–Crippen LogP) is 1.34. The van der Waals surface area contributed by atoms with E-state index in [1.165, 1.54) is 0 Å². The van der Waals surface area contributed by atoms with Crippen LogP contribution in [-0.4, -0.2) is 42.5 Å². The highest BCUT2D eigenvalue weighted by atomic mass is 16.2. The van der Waals surface area contributed by atoms with Crippen LogP contribution in [0.25, 0.3) is 0 Å². The normalized spacial score (nSPS) is 17.4. The predicted molar refractivity (Wildman–Crippen MR) is 71.3 cm³/mol. The number of hydrogen-bond donors (Lipinski definition) is 2. The van der Waals surface area contributed by atoms with Gasteiger partial charge in [0.1, 0.15) is 0 Å². The number of hydrogen-bond acceptors (Lipinski definition) is 2. The number of urea groups is 1. The van der Waals surface area contributed by atoms with E-state index >= 15 is 0 Å². The zero-order chi connectivity index (χ0) is 13.8. The Balaban J connectivity index is 2.24. The second kappa shape index (κ2) is 6.07. The summed E-state index contributed by atoms with van der Waals surface area (Å²) in [6.45, 7) is 9.96. The zero-order valence-corrected chi connectivity index (χ0v) is 11.9. The summed E-state index contributed by atoms with van der Waals surface area (Å²) in [7, 11) is 0. The number of likely N-dealkylation sites (tertiary alicyclic amines) is 1. The van der Waals surface area contributed by atoms with Gasteiger partial charge in [-0.25, -0.2) is 4.79 Å². The number of carbonyl (C=O) groups is 2. The maximum absolute atomic E-state index is 11.7. The van der Waals surface area contributed by atoms with Crippen LogP contribution in [0.5, 0.6) is 0 Å². The highest BCUT2D eigenvalue weighted by Crippen LogP contribution is 2.11. The molecule has 3 amide bonds. The molecular formula is C13H25N3O2. The van der Waals surface area contributed by atoms with Crippen molar-refractivity contribution in [3.8, 4) is 0 Å². The minimum Gasteiger partial charge on any atom is -0.343 e. The lowest BCUT2D eigenvalue weighted by Crippen LogP contribution is -2.49. The molecule has 104 valence electrons. The molecule has 1 aliphatic rings. The van der Waals surface area contributed by atoms with Crippen molar-refractivity contribution in [1.82, 2.24) is 15.5 Å². The number of piperidine rings is 1. The van der Waals surface area contributed by atoms with Crippen LogP contribution in [0.2, 0.25) is 0 Å². The van der Waals surface area contributed by atoms with E-state index in [0.717, 1.165) is 25.9 Å². The zero-order valence-electron chi connectivity index (χ0n) is 11.9. The maximum atomic E-state index is 11.7. The first-order valence-electron chi connectivity index (χ1n) is 6.58. The Labute approximate surface area is 109 Å². The number of amides is 3. The molecule has 18 heavy (non-hydrogen) atoms. The fraction of sp³-hybridized carbons (Fsp3) is 0.846. The highest BCUT2D eigenvalue weighted by molar-refractivity contribution is 5.75. The summed E-state index contributed by atoms with van der Waals surface area (Å²) in [5.41, 5.74) is 0.0926. The molecule has 0 aliphatic carbocycles. The van der Waals surface area contributed by atoms with Crippen molar-refractivity contribution in [3.63, 3.8) is 0 Å². The topological polar surface area (TPSA) is 61.4 Å². The first-order chi connectivity index (χ1) is 8.28. The molecule has 1 saturated heterocycles. The Morgan fingerprint density at radius 2 is 1.78 bits per heavy atom. The van der Waals surface area contributed by atoms with Crippen molar-refractivity contribution in [2.24, 2.45) is 5.41 Å². The Morgan fingerprint density at radius 1 is 1.22 bits per heavy atom. The van der Waals surface area contributed by atoms with Gasteiger partial charge in [0.25, 0.3) is 0 Å². The average Bonchev–Trinajstić information content (AvgIpc) is 2.26. The molecule has 0 aromatic rings. The average molecular weight is 255 g/mol. The van der Waals surface area contributed by atoms with Gasteiger partial charge in [0, 0.05) is 32.6 Å². The summed E-state index contributed by atoms with van der Waals surface area (Å²) in [5, 5.41) is 5.84. The van der Waals surface area contributed by atoms with E-state index in [-0.39, 0.29) is 23.4 Å². The molecule has 1 fully saturated rings. The lowest BCUT2D eigenvalue weighted by atomic mass is 9.97. The fourth-order valence-electron chi connectivity index (χ4n) is 1.92. The summed E-state index contributed by atoms with van der Waals surface area (Å²) in [6.07, 6.45) is 1.67. The van der Waals surface area contributed by atoms with Crippen LogP contribution in [0.3, 0.4) is 0 Å². The third-order valence-electron chi connectivity index (χ3n) is 3.05. The smallest absolute Gasteiger partial charge is 0.315 e. The van der Waals surface area contributed by atoms with Crippen LogP contribution < -0.4 is 10.6 Å². The molecule has 5 nitrogen and oxygen atoms in total. The summed E-state index contributed by atoms with van der Waals surface area (Å²) in [6, 6.07) is 0.0757. The van der Waals surface area contributed by atoms with Crippen LogP contribution in [0.4, 0.5) is 4.79 Å². The van der Waals surface area contributed by atoms with Gasteiger partial charge in [0.05, 0.1) is 0 Å². The summed E-state index contributed by atoms with van der Waals surface area (Å²) in [5.74, 6) is 0.116. The van der Waals surface area contributed by atoms with E-state index in [0.29, 0.717) is 6.54 Å². The monoisotopic (exact) mass is 255 g/mol. The van der Waals surface area contributed by atoms with E-state index < -0.39 is 0 Å². The third kappa shape index (κ3) is 5.38. The molecule has 0 spiro atoms. The molecule has 1 rings (SSSR count). The van der Waals surface area contributed by atoms with E-state index in [2.05, 4.69) is 31.4 Å². The molecule has 5 heteroatoms. The first kappa shape index (κ1) is 14.8. The number of nitrogens with one attached hydrogen (secondary N) is 2. The molecule has 0 saturated carbocycles. The van der Waals surface area contributed by atoms with Crippen molar-refractivity contribution in [1.29, 1.82) is 0 Å². The quantitative estimate of drug-likeness (QED) is 0.782. The Kier molecular flexibility index (Phi) is 4.99. The molecule has 0 radical (unpaired) electrons. The summed E-state index contributed by atoms with van der Waals surface area (Å²) >= 11 is 0. The SMILES string of the molecule is CC(=O)N1CCC(NC(=O)NCC(C)(C)C)CC1. The van der Waals surface area contributed by atoms with Gasteiger partial charge in [0.2, 0.25) is 5.91 Å². The van der Waals surface area contributed by atoms with Gasteiger partial charge < -0.3 is 15.5 Å². The van der Waals surface area contributed by atoms with Gasteiger partial charge >= 0.3 is 6.03 Å². The third-order valence-corrected chi connectivity index (χ3v) is 3.05. The van der Waals surface area contributed by atoms with E-state index in [1.54, 1.807) is 6.92 Å². The molecule has 1 aliphatic heterocycles. The minimum absolute atomic E-state index is 0.0926. The largest absolute Gasteiger partial charge is 0.343 e. The number of rotatable bonds is 2. The van der Waals surface area contributed by atoms with Gasteiger partial charge in [-0.05, 0) is 18.3 Å². The van der Waals surface area contributed by atoms with Crippen LogP contribution in [0.15, 0.2) is 0 Å². The molecule has 0 bridgehead atoms. The van der Waals surface area contributed by atoms with Crippen LogP contribution in [0.1, 0.15) is 40.5 Å². The van der Waals surface area contributed by atoms with Crippen LogP contribution in [-0.2, 0) is 4.79 Å². The maximum Gasteiger partial charge on any atom is 0.315 e. The molecule has 0 aromatic heterocycles. The second-order valence-corrected chi connectivity index (χ2v) is 6.17. The van der Waals surface area contributed by atoms with Gasteiger partial charge in [0.15, 0.2) is 0 Å². The van der Waals surface area contributed by atoms with Crippen molar-refractivity contribution in [3.05, 3.63) is 0 Å². The molecule has 0 aromatic carbocycles. The van der Waals surface area contributed by atoms with Gasteiger partial charge in [-0.15, -0.1) is 0 Å². The standard InChI is InChI=1S/C13H25N3O2/c1-10(17)16-7-5-11(6-8-16)15-12(18)14-9-13(2,3)4/h11H,5-9H2,1-4H3,(H2,14,15,18). The fourth-order valence-corrected chi connectivity index (χ4v) is 1.92. The summed E-state index contributed by atoms with van der Waals surface area (Å²) in [4.78, 5) is 24.7. The second-order valence-electron chi connectivity index (χ2n) is 6.17.